The highest BCUT2D eigenvalue weighted by Crippen LogP contribution is 2.17. The van der Waals surface area contributed by atoms with Crippen LogP contribution in [0.15, 0.2) is 6.20 Å². The summed E-state index contributed by atoms with van der Waals surface area (Å²) in [5, 5.41) is 11.7. The van der Waals surface area contributed by atoms with E-state index in [9.17, 15) is 4.79 Å². The van der Waals surface area contributed by atoms with Gasteiger partial charge in [0.25, 0.3) is 5.91 Å². The van der Waals surface area contributed by atoms with Crippen LogP contribution < -0.4 is 5.32 Å². The molecule has 0 atom stereocenters. The van der Waals surface area contributed by atoms with E-state index in [0.717, 1.165) is 0 Å². The van der Waals surface area contributed by atoms with Crippen LogP contribution in [0.5, 0.6) is 0 Å². The summed E-state index contributed by atoms with van der Waals surface area (Å²) in [6.45, 7) is 6.99. The number of amides is 1. The average Bonchev–Trinajstić information content (AvgIpc) is 2.44. The van der Waals surface area contributed by atoms with Crippen molar-refractivity contribution in [2.24, 2.45) is 0 Å². The van der Waals surface area contributed by atoms with E-state index < -0.39 is 0 Å². The fourth-order valence-electron chi connectivity index (χ4n) is 1.66. The fourth-order valence-corrected chi connectivity index (χ4v) is 1.66. The molecule has 0 fully saturated rings. The summed E-state index contributed by atoms with van der Waals surface area (Å²) in [7, 11) is 1.67. The minimum Gasteiger partial charge on any atom is -0.382 e. The second-order valence-corrected chi connectivity index (χ2v) is 4.81. The Bertz CT molecular complexity index is 507. The largest absolute Gasteiger partial charge is 0.382 e. The van der Waals surface area contributed by atoms with E-state index in [1.165, 1.54) is 4.90 Å². The van der Waals surface area contributed by atoms with Gasteiger partial charge in [-0.3, -0.25) is 4.79 Å². The Kier molecular flexibility index (Phi) is 5.91. The number of hydrogen-bond donors (Lipinski definition) is 1. The average molecular weight is 275 g/mol. The highest BCUT2D eigenvalue weighted by molar-refractivity contribution is 5.97. The molecular weight excluding hydrogens is 254 g/mol. The van der Waals surface area contributed by atoms with E-state index in [4.69, 9.17) is 5.26 Å². The first-order chi connectivity index (χ1) is 9.51. The third kappa shape index (κ3) is 3.92. The van der Waals surface area contributed by atoms with Gasteiger partial charge < -0.3 is 10.2 Å². The highest BCUT2D eigenvalue weighted by atomic mass is 16.2. The first kappa shape index (κ1) is 15.9. The SMILES string of the molecule is CCNc1cnc(C(C)C)nc1C(=O)N(C)CCC#N. The molecule has 0 aliphatic rings. The molecule has 1 N–H and O–H groups in total. The summed E-state index contributed by atoms with van der Waals surface area (Å²) < 4.78 is 0. The summed E-state index contributed by atoms with van der Waals surface area (Å²) in [5.74, 6) is 0.603. The van der Waals surface area contributed by atoms with Crippen LogP contribution >= 0.6 is 0 Å². The Labute approximate surface area is 119 Å². The Hall–Kier alpha value is -2.16. The van der Waals surface area contributed by atoms with Crippen molar-refractivity contribution in [2.45, 2.75) is 33.1 Å². The lowest BCUT2D eigenvalue weighted by Gasteiger charge is -2.18. The summed E-state index contributed by atoms with van der Waals surface area (Å²) in [6, 6.07) is 2.03. The lowest BCUT2D eigenvalue weighted by atomic mass is 10.2. The molecule has 1 aromatic rings. The van der Waals surface area contributed by atoms with Gasteiger partial charge in [-0.25, -0.2) is 9.97 Å². The van der Waals surface area contributed by atoms with Crippen LogP contribution in [0, 0.1) is 11.3 Å². The maximum Gasteiger partial charge on any atom is 0.274 e. The molecule has 1 amide bonds. The molecular formula is C14H21N5O. The molecule has 20 heavy (non-hydrogen) atoms. The third-order valence-corrected chi connectivity index (χ3v) is 2.80. The molecule has 1 aromatic heterocycles. The third-order valence-electron chi connectivity index (χ3n) is 2.80. The van der Waals surface area contributed by atoms with Gasteiger partial charge in [0.1, 0.15) is 5.82 Å². The monoisotopic (exact) mass is 275 g/mol. The Balaban J connectivity index is 3.08. The minimum atomic E-state index is -0.194. The van der Waals surface area contributed by atoms with Crippen LogP contribution in [0.25, 0.3) is 0 Å². The molecule has 108 valence electrons. The van der Waals surface area contributed by atoms with Crippen molar-refractivity contribution in [1.29, 1.82) is 5.26 Å². The predicted molar refractivity (Wildman–Crippen MR) is 77.5 cm³/mol. The molecule has 0 spiro atoms. The molecule has 0 radical (unpaired) electrons. The standard InChI is InChI=1S/C14H21N5O/c1-5-16-11-9-17-13(10(2)3)18-12(11)14(20)19(4)8-6-7-15/h9-10,16H,5-6,8H2,1-4H3. The van der Waals surface area contributed by atoms with Gasteiger partial charge in [-0.2, -0.15) is 5.26 Å². The number of nitrogens with one attached hydrogen (secondary N) is 1. The number of carbonyl (C=O) groups is 1. The van der Waals surface area contributed by atoms with Crippen LogP contribution in [0.4, 0.5) is 5.69 Å². The van der Waals surface area contributed by atoms with Crippen molar-refractivity contribution in [2.75, 3.05) is 25.5 Å². The normalized spacial score (nSPS) is 10.2. The first-order valence-corrected chi connectivity index (χ1v) is 6.74. The number of hydrogen-bond acceptors (Lipinski definition) is 5. The van der Waals surface area contributed by atoms with Crippen molar-refractivity contribution in [3.63, 3.8) is 0 Å². The van der Waals surface area contributed by atoms with Gasteiger partial charge in [-0.15, -0.1) is 0 Å². The van der Waals surface area contributed by atoms with Crippen LogP contribution in [0.2, 0.25) is 0 Å². The smallest absolute Gasteiger partial charge is 0.274 e. The van der Waals surface area contributed by atoms with E-state index in [-0.39, 0.29) is 11.8 Å². The molecule has 1 rings (SSSR count). The zero-order valence-electron chi connectivity index (χ0n) is 12.5. The zero-order valence-corrected chi connectivity index (χ0v) is 12.5. The van der Waals surface area contributed by atoms with E-state index in [2.05, 4.69) is 15.3 Å². The Morgan fingerprint density at radius 2 is 2.25 bits per heavy atom. The molecule has 0 aliphatic heterocycles. The first-order valence-electron chi connectivity index (χ1n) is 6.74. The van der Waals surface area contributed by atoms with E-state index in [1.54, 1.807) is 13.2 Å². The molecule has 0 bridgehead atoms. The van der Waals surface area contributed by atoms with Crippen LogP contribution in [-0.2, 0) is 0 Å². The van der Waals surface area contributed by atoms with Crippen molar-refractivity contribution < 1.29 is 4.79 Å². The van der Waals surface area contributed by atoms with Crippen LogP contribution in [-0.4, -0.2) is 40.9 Å². The molecule has 0 aliphatic carbocycles. The quantitative estimate of drug-likeness (QED) is 0.858. The van der Waals surface area contributed by atoms with Crippen LogP contribution in [0.3, 0.4) is 0 Å². The summed E-state index contributed by atoms with van der Waals surface area (Å²) in [5.41, 5.74) is 0.997. The molecule has 0 unspecified atom stereocenters. The summed E-state index contributed by atoms with van der Waals surface area (Å²) >= 11 is 0. The Morgan fingerprint density at radius 1 is 1.55 bits per heavy atom. The maximum absolute atomic E-state index is 12.4. The molecule has 0 saturated heterocycles. The van der Waals surface area contributed by atoms with Gasteiger partial charge in [0, 0.05) is 26.1 Å². The topological polar surface area (TPSA) is 81.9 Å². The number of nitrogens with zero attached hydrogens (tertiary/aromatic N) is 4. The van der Waals surface area contributed by atoms with Gasteiger partial charge in [0.2, 0.25) is 0 Å². The molecule has 0 saturated carbocycles. The minimum absolute atomic E-state index is 0.154. The zero-order chi connectivity index (χ0) is 15.1. The van der Waals surface area contributed by atoms with Crippen molar-refractivity contribution in [3.05, 3.63) is 17.7 Å². The Morgan fingerprint density at radius 3 is 2.80 bits per heavy atom. The second kappa shape index (κ2) is 7.43. The molecule has 6 heteroatoms. The lowest BCUT2D eigenvalue weighted by molar-refractivity contribution is 0.0792. The second-order valence-electron chi connectivity index (χ2n) is 4.81. The molecule has 1 heterocycles. The van der Waals surface area contributed by atoms with Gasteiger partial charge >= 0.3 is 0 Å². The highest BCUT2D eigenvalue weighted by Gasteiger charge is 2.19. The van der Waals surface area contributed by atoms with E-state index in [0.29, 0.717) is 36.7 Å². The van der Waals surface area contributed by atoms with Gasteiger partial charge in [-0.1, -0.05) is 13.8 Å². The maximum atomic E-state index is 12.4. The number of rotatable bonds is 6. The molecule has 6 nitrogen and oxygen atoms in total. The summed E-state index contributed by atoms with van der Waals surface area (Å²) in [4.78, 5) is 22.6. The van der Waals surface area contributed by atoms with Crippen molar-refractivity contribution >= 4 is 11.6 Å². The fraction of sp³-hybridized carbons (Fsp3) is 0.571. The predicted octanol–water partition coefficient (Wildman–Crippen LogP) is 2.02. The van der Waals surface area contributed by atoms with Gasteiger partial charge in [0.15, 0.2) is 5.69 Å². The van der Waals surface area contributed by atoms with E-state index in [1.807, 2.05) is 26.8 Å². The van der Waals surface area contributed by atoms with Gasteiger partial charge in [0.05, 0.1) is 24.4 Å². The molecule has 0 aromatic carbocycles. The number of carbonyl (C=O) groups excluding carboxylic acids is 1. The van der Waals surface area contributed by atoms with Crippen molar-refractivity contribution in [3.8, 4) is 6.07 Å². The van der Waals surface area contributed by atoms with E-state index >= 15 is 0 Å². The lowest BCUT2D eigenvalue weighted by Crippen LogP contribution is -2.29. The number of nitriles is 1. The number of anilines is 1. The van der Waals surface area contributed by atoms with Gasteiger partial charge in [-0.05, 0) is 6.92 Å². The number of aromatic nitrogens is 2. The summed E-state index contributed by atoms with van der Waals surface area (Å²) in [6.07, 6.45) is 1.96. The van der Waals surface area contributed by atoms with Crippen LogP contribution in [0.1, 0.15) is 49.4 Å². The van der Waals surface area contributed by atoms with Crippen molar-refractivity contribution in [1.82, 2.24) is 14.9 Å².